The van der Waals surface area contributed by atoms with Gasteiger partial charge in [-0.15, -0.1) is 0 Å². The largest absolute Gasteiger partial charge is 0.314 e. The normalized spacial score (nSPS) is 23.5. The monoisotopic (exact) mass is 432 g/mol. The number of carbonyl (C=O) groups excluding carboxylic acids is 1. The molecule has 3 aromatic carbocycles. The summed E-state index contributed by atoms with van der Waals surface area (Å²) in [6.07, 6.45) is 0.442. The van der Waals surface area contributed by atoms with E-state index in [0.717, 1.165) is 22.4 Å². The maximum Gasteiger partial charge on any atom is 0.243 e. The van der Waals surface area contributed by atoms with Crippen LogP contribution in [0, 0.1) is 6.92 Å². The molecule has 158 valence electrons. The predicted molar refractivity (Wildman–Crippen MR) is 120 cm³/mol. The van der Waals surface area contributed by atoms with Crippen LogP contribution in [0.25, 0.3) is 0 Å². The van der Waals surface area contributed by atoms with Crippen molar-refractivity contribution in [2.45, 2.75) is 29.7 Å². The van der Waals surface area contributed by atoms with E-state index < -0.39 is 21.5 Å². The van der Waals surface area contributed by atoms with Gasteiger partial charge in [-0.3, -0.25) is 4.79 Å². The molecule has 31 heavy (non-hydrogen) atoms. The van der Waals surface area contributed by atoms with Crippen LogP contribution < -0.4 is 4.90 Å². The summed E-state index contributed by atoms with van der Waals surface area (Å²) in [7, 11) is -2.02. The van der Waals surface area contributed by atoms with Crippen LogP contribution in [0.5, 0.6) is 0 Å². The first-order chi connectivity index (χ1) is 14.9. The number of rotatable bonds is 3. The maximum atomic E-state index is 13.8. The summed E-state index contributed by atoms with van der Waals surface area (Å²) in [5.74, 6) is -0.0517. The Kier molecular flexibility index (Phi) is 4.53. The topological polar surface area (TPSA) is 57.7 Å². The highest BCUT2D eigenvalue weighted by atomic mass is 32.2. The van der Waals surface area contributed by atoms with Crippen molar-refractivity contribution in [1.82, 2.24) is 4.31 Å². The molecule has 2 atom stereocenters. The molecule has 6 heteroatoms. The average molecular weight is 433 g/mol. The summed E-state index contributed by atoms with van der Waals surface area (Å²) in [5, 5.41) is 0. The molecule has 2 heterocycles. The van der Waals surface area contributed by atoms with Crippen LogP contribution in [-0.2, 0) is 20.2 Å². The van der Waals surface area contributed by atoms with Crippen LogP contribution in [0.3, 0.4) is 0 Å². The van der Waals surface area contributed by atoms with Gasteiger partial charge in [0.05, 0.1) is 16.4 Å². The summed E-state index contributed by atoms with van der Waals surface area (Å²) in [6, 6.07) is 23.6. The number of amides is 1. The molecule has 1 spiro atoms. The lowest BCUT2D eigenvalue weighted by molar-refractivity contribution is -0.123. The molecule has 0 unspecified atom stereocenters. The van der Waals surface area contributed by atoms with Crippen molar-refractivity contribution in [2.75, 3.05) is 18.5 Å². The van der Waals surface area contributed by atoms with Gasteiger partial charge < -0.3 is 4.90 Å². The molecule has 1 fully saturated rings. The highest BCUT2D eigenvalue weighted by molar-refractivity contribution is 7.89. The van der Waals surface area contributed by atoms with E-state index in [0.29, 0.717) is 6.42 Å². The van der Waals surface area contributed by atoms with Crippen molar-refractivity contribution in [3.05, 3.63) is 95.6 Å². The van der Waals surface area contributed by atoms with Gasteiger partial charge in [0, 0.05) is 19.3 Å². The molecule has 0 aromatic heterocycles. The van der Waals surface area contributed by atoms with Crippen molar-refractivity contribution in [1.29, 1.82) is 0 Å². The van der Waals surface area contributed by atoms with E-state index in [1.54, 1.807) is 36.2 Å². The van der Waals surface area contributed by atoms with E-state index >= 15 is 0 Å². The molecule has 1 saturated heterocycles. The fraction of sp³-hybridized carbons (Fsp3) is 0.240. The zero-order valence-electron chi connectivity index (χ0n) is 17.5. The second kappa shape index (κ2) is 7.04. The molecule has 0 N–H and O–H groups in total. The minimum absolute atomic E-state index is 0.0517. The van der Waals surface area contributed by atoms with E-state index in [4.69, 9.17) is 0 Å². The smallest absolute Gasteiger partial charge is 0.243 e. The number of likely N-dealkylation sites (N-methyl/N-ethyl adjacent to an activating group) is 1. The summed E-state index contributed by atoms with van der Waals surface area (Å²) in [6.45, 7) is 2.21. The fourth-order valence-electron chi connectivity index (χ4n) is 5.16. The van der Waals surface area contributed by atoms with Crippen molar-refractivity contribution >= 4 is 21.6 Å². The van der Waals surface area contributed by atoms with Crippen LogP contribution >= 0.6 is 0 Å². The third-order valence-electron chi connectivity index (χ3n) is 6.66. The molecule has 2 aliphatic heterocycles. The lowest BCUT2D eigenvalue weighted by atomic mass is 9.73. The molecule has 0 aliphatic carbocycles. The molecule has 0 bridgehead atoms. The number of hydrogen-bond donors (Lipinski definition) is 0. The van der Waals surface area contributed by atoms with Gasteiger partial charge in [-0.25, -0.2) is 8.42 Å². The highest BCUT2D eigenvalue weighted by Crippen LogP contribution is 2.57. The highest BCUT2D eigenvalue weighted by Gasteiger charge is 2.62. The Labute approximate surface area is 183 Å². The quantitative estimate of drug-likeness (QED) is 0.628. The molecule has 2 aliphatic rings. The number of para-hydroxylation sites is 1. The van der Waals surface area contributed by atoms with Crippen LogP contribution in [0.2, 0.25) is 0 Å². The van der Waals surface area contributed by atoms with Crippen LogP contribution in [0.15, 0.2) is 83.8 Å². The van der Waals surface area contributed by atoms with Gasteiger partial charge in [-0.2, -0.15) is 4.31 Å². The molecular formula is C25H24N2O3S. The molecule has 1 amide bonds. The first-order valence-corrected chi connectivity index (χ1v) is 11.8. The summed E-state index contributed by atoms with van der Waals surface area (Å²) in [5.41, 5.74) is 2.64. The second-order valence-electron chi connectivity index (χ2n) is 8.34. The number of nitrogens with zero attached hydrogens (tertiary/aromatic N) is 2. The van der Waals surface area contributed by atoms with Gasteiger partial charge in [0.15, 0.2) is 0 Å². The van der Waals surface area contributed by atoms with Crippen molar-refractivity contribution in [3.8, 4) is 0 Å². The van der Waals surface area contributed by atoms with Crippen LogP contribution in [0.4, 0.5) is 5.69 Å². The Morgan fingerprint density at radius 2 is 1.55 bits per heavy atom. The standard InChI is InChI=1S/C25H24N2O3S/c1-18-12-14-20(15-13-18)31(29,30)27-17-16-25(23(27)19-8-4-3-5-9-19)21-10-6-7-11-22(21)26(2)24(25)28/h3-15,23H,16-17H2,1-2H3/t23-,25-/m0/s1. The van der Waals surface area contributed by atoms with Gasteiger partial charge in [-0.1, -0.05) is 66.2 Å². The van der Waals surface area contributed by atoms with Crippen molar-refractivity contribution in [3.63, 3.8) is 0 Å². The maximum absolute atomic E-state index is 13.8. The second-order valence-corrected chi connectivity index (χ2v) is 10.2. The predicted octanol–water partition coefficient (Wildman–Crippen LogP) is 4.05. The molecule has 3 aromatic rings. The summed E-state index contributed by atoms with van der Waals surface area (Å²) >= 11 is 0. The Morgan fingerprint density at radius 3 is 2.26 bits per heavy atom. The van der Waals surface area contributed by atoms with Gasteiger partial charge in [0.2, 0.25) is 15.9 Å². The van der Waals surface area contributed by atoms with Crippen molar-refractivity contribution < 1.29 is 13.2 Å². The number of carbonyl (C=O) groups is 1. The third-order valence-corrected chi connectivity index (χ3v) is 8.54. The number of sulfonamides is 1. The third kappa shape index (κ3) is 2.78. The molecular weight excluding hydrogens is 408 g/mol. The summed E-state index contributed by atoms with van der Waals surface area (Å²) in [4.78, 5) is 15.7. The average Bonchev–Trinajstić information content (AvgIpc) is 3.29. The fourth-order valence-corrected chi connectivity index (χ4v) is 6.82. The van der Waals surface area contributed by atoms with Crippen molar-refractivity contribution in [2.24, 2.45) is 0 Å². The van der Waals surface area contributed by atoms with Gasteiger partial charge in [-0.05, 0) is 42.7 Å². The number of benzene rings is 3. The van der Waals surface area contributed by atoms with E-state index in [-0.39, 0.29) is 17.3 Å². The molecule has 5 nitrogen and oxygen atoms in total. The Hall–Kier alpha value is -2.96. The lowest BCUT2D eigenvalue weighted by Crippen LogP contribution is -2.44. The Morgan fingerprint density at radius 1 is 0.903 bits per heavy atom. The minimum Gasteiger partial charge on any atom is -0.314 e. The number of fused-ring (bicyclic) bond motifs is 2. The first kappa shape index (κ1) is 20.0. The van der Waals surface area contributed by atoms with E-state index in [1.807, 2.05) is 61.5 Å². The number of anilines is 1. The molecule has 0 saturated carbocycles. The number of aryl methyl sites for hydroxylation is 1. The van der Waals surface area contributed by atoms with E-state index in [2.05, 4.69) is 0 Å². The van der Waals surface area contributed by atoms with Crippen LogP contribution in [-0.4, -0.2) is 32.2 Å². The van der Waals surface area contributed by atoms with Gasteiger partial charge >= 0.3 is 0 Å². The lowest BCUT2D eigenvalue weighted by Gasteiger charge is -2.34. The molecule has 0 radical (unpaired) electrons. The molecule has 5 rings (SSSR count). The van der Waals surface area contributed by atoms with Crippen LogP contribution in [0.1, 0.15) is 29.2 Å². The number of hydrogen-bond acceptors (Lipinski definition) is 3. The zero-order chi connectivity index (χ0) is 21.8. The van der Waals surface area contributed by atoms with E-state index in [1.165, 1.54) is 4.31 Å². The Bertz CT molecular complexity index is 1260. The van der Waals surface area contributed by atoms with Gasteiger partial charge in [0.25, 0.3) is 0 Å². The first-order valence-electron chi connectivity index (χ1n) is 10.4. The minimum atomic E-state index is -3.80. The summed E-state index contributed by atoms with van der Waals surface area (Å²) < 4.78 is 29.1. The zero-order valence-corrected chi connectivity index (χ0v) is 18.3. The Balaban J connectivity index is 1.73. The SMILES string of the molecule is Cc1ccc(S(=O)(=O)N2CC[C@@]3(C(=O)N(C)c4ccccc43)[C@@H]2c2ccccc2)cc1. The van der Waals surface area contributed by atoms with E-state index in [9.17, 15) is 13.2 Å². The van der Waals surface area contributed by atoms with Gasteiger partial charge in [0.1, 0.15) is 0 Å².